The van der Waals surface area contributed by atoms with Crippen molar-refractivity contribution in [3.8, 4) is 0 Å². The molecule has 0 spiro atoms. The Morgan fingerprint density at radius 1 is 1.00 bits per heavy atom. The monoisotopic (exact) mass is 381 g/mol. The summed E-state index contributed by atoms with van der Waals surface area (Å²) in [5.74, 6) is -0.391. The minimum atomic E-state index is -3.72. The van der Waals surface area contributed by atoms with Crippen LogP contribution < -0.4 is 4.72 Å². The lowest BCUT2D eigenvalue weighted by Gasteiger charge is -2.20. The number of thiophene rings is 1. The standard InChI is InChI=1S/C17H13ClFNO2S2/c18-15-5-2-1-4-14(15)17(12-7-9-13(19)10-8-12)20-24(21,22)16-6-3-11-23-16/h1-11,17,20H. The summed E-state index contributed by atoms with van der Waals surface area (Å²) in [5.41, 5.74) is 1.20. The van der Waals surface area contributed by atoms with Crippen molar-refractivity contribution in [1.29, 1.82) is 0 Å². The Hall–Kier alpha value is -1.73. The van der Waals surface area contributed by atoms with Gasteiger partial charge in [-0.3, -0.25) is 0 Å². The summed E-state index contributed by atoms with van der Waals surface area (Å²) in [7, 11) is -3.72. The lowest BCUT2D eigenvalue weighted by Crippen LogP contribution is -2.29. The fraction of sp³-hybridized carbons (Fsp3) is 0.0588. The summed E-state index contributed by atoms with van der Waals surface area (Å²) < 4.78 is 41.3. The first-order valence-corrected chi connectivity index (χ1v) is 9.77. The summed E-state index contributed by atoms with van der Waals surface area (Å²) in [6.45, 7) is 0. The molecule has 1 aromatic heterocycles. The average molecular weight is 382 g/mol. The predicted molar refractivity (Wildman–Crippen MR) is 94.3 cm³/mol. The summed E-state index contributed by atoms with van der Waals surface area (Å²) in [5, 5.41) is 2.12. The van der Waals surface area contributed by atoms with Crippen LogP contribution in [0.15, 0.2) is 70.3 Å². The second-order valence-electron chi connectivity index (χ2n) is 5.06. The molecule has 7 heteroatoms. The third-order valence-corrected chi connectivity index (χ3v) is 6.62. The van der Waals surface area contributed by atoms with Gasteiger partial charge in [0.2, 0.25) is 0 Å². The molecule has 124 valence electrons. The SMILES string of the molecule is O=S(=O)(NC(c1ccc(F)cc1)c1ccccc1Cl)c1cccs1. The van der Waals surface area contributed by atoms with E-state index in [9.17, 15) is 12.8 Å². The quantitative estimate of drug-likeness (QED) is 0.701. The predicted octanol–water partition coefficient (Wildman–Crippen LogP) is 4.61. The molecule has 0 bridgehead atoms. The molecule has 0 saturated carbocycles. The molecule has 3 nitrogen and oxygen atoms in total. The molecule has 3 rings (SSSR count). The Kier molecular flexibility index (Phi) is 5.01. The van der Waals surface area contributed by atoms with Crippen molar-refractivity contribution in [3.63, 3.8) is 0 Å². The molecule has 3 aromatic rings. The van der Waals surface area contributed by atoms with E-state index in [0.717, 1.165) is 11.3 Å². The minimum Gasteiger partial charge on any atom is -0.207 e. The van der Waals surface area contributed by atoms with Crippen molar-refractivity contribution in [3.05, 3.63) is 88.0 Å². The molecule has 1 atom stereocenters. The smallest absolute Gasteiger partial charge is 0.207 e. The fourth-order valence-electron chi connectivity index (χ4n) is 2.31. The van der Waals surface area contributed by atoms with E-state index < -0.39 is 21.9 Å². The topological polar surface area (TPSA) is 46.2 Å². The van der Waals surface area contributed by atoms with Crippen molar-refractivity contribution in [2.75, 3.05) is 0 Å². The highest BCUT2D eigenvalue weighted by Gasteiger charge is 2.25. The summed E-state index contributed by atoms with van der Waals surface area (Å²) in [6.07, 6.45) is 0. The summed E-state index contributed by atoms with van der Waals surface area (Å²) in [6, 6.07) is 15.1. The first kappa shape index (κ1) is 17.1. The zero-order valence-electron chi connectivity index (χ0n) is 12.3. The molecule has 24 heavy (non-hydrogen) atoms. The number of hydrogen-bond donors (Lipinski definition) is 1. The van der Waals surface area contributed by atoms with E-state index in [1.54, 1.807) is 47.8 Å². The molecule has 0 saturated heterocycles. The highest BCUT2D eigenvalue weighted by molar-refractivity contribution is 7.91. The number of nitrogens with one attached hydrogen (secondary N) is 1. The van der Waals surface area contributed by atoms with Gasteiger partial charge in [-0.05, 0) is 40.8 Å². The Labute approximate surface area is 148 Å². The van der Waals surface area contributed by atoms with Crippen LogP contribution in [0.5, 0.6) is 0 Å². The van der Waals surface area contributed by atoms with Gasteiger partial charge in [0.05, 0.1) is 6.04 Å². The number of sulfonamides is 1. The lowest BCUT2D eigenvalue weighted by atomic mass is 10.00. The molecule has 0 radical (unpaired) electrons. The van der Waals surface area contributed by atoms with Crippen molar-refractivity contribution in [2.24, 2.45) is 0 Å². The molecule has 2 aromatic carbocycles. The largest absolute Gasteiger partial charge is 0.250 e. The maximum absolute atomic E-state index is 13.2. The molecule has 1 N–H and O–H groups in total. The van der Waals surface area contributed by atoms with Crippen LogP contribution in [0.1, 0.15) is 17.2 Å². The first-order chi connectivity index (χ1) is 11.5. The zero-order chi connectivity index (χ0) is 17.2. The van der Waals surface area contributed by atoms with Crippen LogP contribution in [0.3, 0.4) is 0 Å². The second-order valence-corrected chi connectivity index (χ2v) is 8.36. The van der Waals surface area contributed by atoms with E-state index in [4.69, 9.17) is 11.6 Å². The maximum atomic E-state index is 13.2. The number of hydrogen-bond acceptors (Lipinski definition) is 3. The van der Waals surface area contributed by atoms with Gasteiger partial charge in [0.25, 0.3) is 10.0 Å². The molecule has 1 heterocycles. The Bertz CT molecular complexity index is 925. The first-order valence-electron chi connectivity index (χ1n) is 7.03. The van der Waals surface area contributed by atoms with E-state index >= 15 is 0 Å². The summed E-state index contributed by atoms with van der Waals surface area (Å²) in [4.78, 5) is 0. The molecular formula is C17H13ClFNO2S2. The van der Waals surface area contributed by atoms with E-state index in [-0.39, 0.29) is 4.21 Å². The molecule has 0 aliphatic rings. The Morgan fingerprint density at radius 3 is 2.33 bits per heavy atom. The molecule has 0 amide bonds. The van der Waals surface area contributed by atoms with Gasteiger partial charge in [0.1, 0.15) is 10.0 Å². The highest BCUT2D eigenvalue weighted by Crippen LogP contribution is 2.30. The van der Waals surface area contributed by atoms with Gasteiger partial charge in [-0.25, -0.2) is 12.8 Å². The van der Waals surface area contributed by atoms with Crippen LogP contribution in [0.25, 0.3) is 0 Å². The van der Waals surface area contributed by atoms with E-state index in [1.165, 1.54) is 18.2 Å². The normalized spacial score (nSPS) is 12.9. The van der Waals surface area contributed by atoms with Crippen LogP contribution in [0, 0.1) is 5.82 Å². The van der Waals surface area contributed by atoms with Crippen LogP contribution in [0.2, 0.25) is 5.02 Å². The van der Waals surface area contributed by atoms with Crippen LogP contribution >= 0.6 is 22.9 Å². The Morgan fingerprint density at radius 2 is 1.71 bits per heavy atom. The van der Waals surface area contributed by atoms with Gasteiger partial charge in [0, 0.05) is 5.02 Å². The highest BCUT2D eigenvalue weighted by atomic mass is 35.5. The number of rotatable bonds is 5. The van der Waals surface area contributed by atoms with Crippen molar-refractivity contribution in [2.45, 2.75) is 10.3 Å². The number of benzene rings is 2. The Balaban J connectivity index is 2.06. The molecule has 0 aliphatic carbocycles. The van der Waals surface area contributed by atoms with Crippen molar-refractivity contribution in [1.82, 2.24) is 4.72 Å². The average Bonchev–Trinajstić information content (AvgIpc) is 3.10. The van der Waals surface area contributed by atoms with Gasteiger partial charge in [-0.15, -0.1) is 11.3 Å². The summed E-state index contributed by atoms with van der Waals surface area (Å²) >= 11 is 7.37. The van der Waals surface area contributed by atoms with E-state index in [1.807, 2.05) is 0 Å². The molecule has 0 aliphatic heterocycles. The van der Waals surface area contributed by atoms with Crippen molar-refractivity contribution >= 4 is 33.0 Å². The van der Waals surface area contributed by atoms with Crippen LogP contribution in [-0.4, -0.2) is 8.42 Å². The third-order valence-electron chi connectivity index (χ3n) is 3.45. The third kappa shape index (κ3) is 3.67. The van der Waals surface area contributed by atoms with Gasteiger partial charge in [0.15, 0.2) is 0 Å². The second kappa shape index (κ2) is 7.03. The van der Waals surface area contributed by atoms with Gasteiger partial charge < -0.3 is 0 Å². The fourth-order valence-corrected chi connectivity index (χ4v) is 4.76. The van der Waals surface area contributed by atoms with Crippen LogP contribution in [0.4, 0.5) is 4.39 Å². The molecule has 0 fully saturated rings. The van der Waals surface area contributed by atoms with E-state index in [0.29, 0.717) is 16.1 Å². The maximum Gasteiger partial charge on any atom is 0.250 e. The van der Waals surface area contributed by atoms with E-state index in [2.05, 4.69) is 4.72 Å². The lowest BCUT2D eigenvalue weighted by molar-refractivity contribution is 0.574. The molecular weight excluding hydrogens is 369 g/mol. The zero-order valence-corrected chi connectivity index (χ0v) is 14.7. The van der Waals surface area contributed by atoms with Gasteiger partial charge >= 0.3 is 0 Å². The van der Waals surface area contributed by atoms with Gasteiger partial charge in [-0.1, -0.05) is 48.0 Å². The van der Waals surface area contributed by atoms with Crippen molar-refractivity contribution < 1.29 is 12.8 Å². The minimum absolute atomic E-state index is 0.210. The number of halogens is 2. The molecule has 1 unspecified atom stereocenters. The van der Waals surface area contributed by atoms with Crippen LogP contribution in [-0.2, 0) is 10.0 Å². The van der Waals surface area contributed by atoms with Gasteiger partial charge in [-0.2, -0.15) is 4.72 Å².